The number of unbranched alkanes of at least 4 members (excludes halogenated alkanes) is 7. The van der Waals surface area contributed by atoms with Gasteiger partial charge in [0.25, 0.3) is 35.0 Å². The SMILES string of the molecule is CN(C)CCCNC(=O)c1cc(NC(=O)c2cc([N+](=O)[O-])cn2CCCCCCCCCCn2cc([N+](=O)[O-])cc2C(=O)Nc2cc(C(=O)NCCCN(C)C)n(C)c2)cn1C. The van der Waals surface area contributed by atoms with Crippen molar-refractivity contribution < 1.29 is 29.0 Å². The zero-order chi connectivity index (χ0) is 45.3. The summed E-state index contributed by atoms with van der Waals surface area (Å²) >= 11 is 0. The Labute approximate surface area is 361 Å². The van der Waals surface area contributed by atoms with Crippen molar-refractivity contribution in [1.29, 1.82) is 0 Å². The van der Waals surface area contributed by atoms with Crippen LogP contribution in [0.5, 0.6) is 0 Å². The van der Waals surface area contributed by atoms with E-state index in [4.69, 9.17) is 0 Å². The Kier molecular flexibility index (Phi) is 18.5. The van der Waals surface area contributed by atoms with Gasteiger partial charge in [-0.3, -0.25) is 39.4 Å². The molecule has 0 radical (unpaired) electrons. The number of nitro groups is 2. The fraction of sp³-hybridized carbons (Fsp3) is 0.524. The topological polar surface area (TPSA) is 229 Å². The van der Waals surface area contributed by atoms with Crippen LogP contribution in [0.15, 0.2) is 49.1 Å². The van der Waals surface area contributed by atoms with E-state index in [1.165, 1.54) is 24.5 Å². The number of rotatable bonds is 27. The lowest BCUT2D eigenvalue weighted by molar-refractivity contribution is -0.385. The monoisotopic (exact) mass is 862 g/mol. The van der Waals surface area contributed by atoms with Gasteiger partial charge in [0, 0.05) is 64.8 Å². The predicted octanol–water partition coefficient (Wildman–Crippen LogP) is 5.47. The van der Waals surface area contributed by atoms with Gasteiger partial charge in [0.05, 0.1) is 33.6 Å². The highest BCUT2D eigenvalue weighted by Crippen LogP contribution is 2.23. The van der Waals surface area contributed by atoms with Crippen LogP contribution in [0.3, 0.4) is 0 Å². The zero-order valence-electron chi connectivity index (χ0n) is 36.8. The van der Waals surface area contributed by atoms with Crippen LogP contribution in [0.1, 0.15) is 106 Å². The van der Waals surface area contributed by atoms with Gasteiger partial charge in [-0.05, 0) is 79.1 Å². The summed E-state index contributed by atoms with van der Waals surface area (Å²) in [4.78, 5) is 78.2. The second-order valence-electron chi connectivity index (χ2n) is 16.1. The molecule has 20 nitrogen and oxygen atoms in total. The molecule has 0 aliphatic carbocycles. The van der Waals surface area contributed by atoms with E-state index in [9.17, 15) is 39.4 Å². The van der Waals surface area contributed by atoms with Crippen LogP contribution >= 0.6 is 0 Å². The van der Waals surface area contributed by atoms with E-state index in [1.807, 2.05) is 38.0 Å². The number of nitrogens with zero attached hydrogens (tertiary/aromatic N) is 8. The molecular weight excluding hydrogens is 801 g/mol. The van der Waals surface area contributed by atoms with Crippen molar-refractivity contribution in [2.24, 2.45) is 14.1 Å². The molecule has 0 saturated carbocycles. The highest BCUT2D eigenvalue weighted by atomic mass is 16.6. The maximum absolute atomic E-state index is 13.3. The van der Waals surface area contributed by atoms with Crippen molar-refractivity contribution in [3.63, 3.8) is 0 Å². The second-order valence-corrected chi connectivity index (χ2v) is 16.1. The number of anilines is 2. The number of carbonyl (C=O) groups is 4. The predicted molar refractivity (Wildman–Crippen MR) is 237 cm³/mol. The maximum Gasteiger partial charge on any atom is 0.287 e. The Hall–Kier alpha value is -6.28. The number of nitrogens with one attached hydrogen (secondary N) is 4. The number of hydrogen-bond donors (Lipinski definition) is 4. The minimum absolute atomic E-state index is 0.157. The number of amides is 4. The lowest BCUT2D eigenvalue weighted by Gasteiger charge is -2.10. The van der Waals surface area contributed by atoms with Gasteiger partial charge in [0.15, 0.2) is 0 Å². The van der Waals surface area contributed by atoms with Crippen LogP contribution in [-0.2, 0) is 27.2 Å². The van der Waals surface area contributed by atoms with E-state index in [0.717, 1.165) is 64.5 Å². The average molecular weight is 863 g/mol. The normalized spacial score (nSPS) is 11.3. The summed E-state index contributed by atoms with van der Waals surface area (Å²) in [6.07, 6.45) is 14.5. The molecule has 20 heteroatoms. The third kappa shape index (κ3) is 14.7. The van der Waals surface area contributed by atoms with Crippen LogP contribution in [-0.4, -0.2) is 116 Å². The van der Waals surface area contributed by atoms with Gasteiger partial charge in [-0.15, -0.1) is 0 Å². The first-order valence-electron chi connectivity index (χ1n) is 21.0. The Morgan fingerprint density at radius 1 is 0.516 bits per heavy atom. The van der Waals surface area contributed by atoms with Gasteiger partial charge in [-0.1, -0.05) is 38.5 Å². The molecule has 62 heavy (non-hydrogen) atoms. The molecule has 0 saturated heterocycles. The maximum atomic E-state index is 13.3. The van der Waals surface area contributed by atoms with Crippen molar-refractivity contribution in [3.05, 3.63) is 92.1 Å². The Bertz CT molecular complexity index is 2010. The number of aryl methyl sites for hydroxylation is 4. The van der Waals surface area contributed by atoms with Crippen molar-refractivity contribution in [2.75, 3.05) is 65.0 Å². The third-order valence-corrected chi connectivity index (χ3v) is 10.3. The minimum atomic E-state index is -0.528. The van der Waals surface area contributed by atoms with Crippen molar-refractivity contribution in [1.82, 2.24) is 38.7 Å². The van der Waals surface area contributed by atoms with E-state index in [2.05, 4.69) is 21.3 Å². The number of carbonyl (C=O) groups excluding carboxylic acids is 4. The van der Waals surface area contributed by atoms with Gasteiger partial charge in [0.1, 0.15) is 22.8 Å². The highest BCUT2D eigenvalue weighted by Gasteiger charge is 2.23. The van der Waals surface area contributed by atoms with Gasteiger partial charge in [-0.2, -0.15) is 0 Å². The van der Waals surface area contributed by atoms with Gasteiger partial charge in [0.2, 0.25) is 0 Å². The van der Waals surface area contributed by atoms with Crippen LogP contribution in [0.4, 0.5) is 22.7 Å². The van der Waals surface area contributed by atoms with Gasteiger partial charge < -0.3 is 49.3 Å². The summed E-state index contributed by atoms with van der Waals surface area (Å²) in [6.45, 7) is 3.53. The third-order valence-electron chi connectivity index (χ3n) is 10.3. The number of aromatic nitrogens is 4. The first kappa shape index (κ1) is 48.4. The van der Waals surface area contributed by atoms with Crippen LogP contribution in [0.2, 0.25) is 0 Å². The molecule has 0 fully saturated rings. The molecule has 4 rings (SSSR count). The molecule has 4 heterocycles. The van der Waals surface area contributed by atoms with E-state index < -0.39 is 21.7 Å². The zero-order valence-corrected chi connectivity index (χ0v) is 36.8. The smallest absolute Gasteiger partial charge is 0.287 e. The molecule has 0 atom stereocenters. The molecule has 4 N–H and O–H groups in total. The molecule has 4 aromatic heterocycles. The Morgan fingerprint density at radius 3 is 1.21 bits per heavy atom. The summed E-state index contributed by atoms with van der Waals surface area (Å²) in [6, 6.07) is 5.66. The summed E-state index contributed by atoms with van der Waals surface area (Å²) in [7, 11) is 11.3. The molecular formula is C42H62N12O8. The summed E-state index contributed by atoms with van der Waals surface area (Å²) in [5.41, 5.74) is 1.51. The van der Waals surface area contributed by atoms with Crippen LogP contribution in [0.25, 0.3) is 0 Å². The summed E-state index contributed by atoms with van der Waals surface area (Å²) in [5, 5.41) is 34.5. The highest BCUT2D eigenvalue weighted by molar-refractivity contribution is 6.05. The minimum Gasteiger partial charge on any atom is -0.351 e. The van der Waals surface area contributed by atoms with Gasteiger partial charge >= 0.3 is 0 Å². The molecule has 0 spiro atoms. The fourth-order valence-electron chi connectivity index (χ4n) is 7.05. The summed E-state index contributed by atoms with van der Waals surface area (Å²) in [5.74, 6) is -1.55. The lowest BCUT2D eigenvalue weighted by Crippen LogP contribution is -2.28. The van der Waals surface area contributed by atoms with Crippen molar-refractivity contribution in [2.45, 2.75) is 77.3 Å². The van der Waals surface area contributed by atoms with Crippen molar-refractivity contribution >= 4 is 46.4 Å². The van der Waals surface area contributed by atoms with E-state index in [1.54, 1.807) is 56.9 Å². The van der Waals surface area contributed by atoms with E-state index >= 15 is 0 Å². The largest absolute Gasteiger partial charge is 0.351 e. The molecule has 0 unspecified atom stereocenters. The molecule has 0 aliphatic heterocycles. The fourth-order valence-corrected chi connectivity index (χ4v) is 7.05. The molecule has 4 aromatic rings. The van der Waals surface area contributed by atoms with E-state index in [0.29, 0.717) is 61.8 Å². The quantitative estimate of drug-likeness (QED) is 0.0336. The lowest BCUT2D eigenvalue weighted by atomic mass is 10.1. The molecule has 0 bridgehead atoms. The number of hydrogen-bond acceptors (Lipinski definition) is 10. The molecule has 338 valence electrons. The molecule has 4 amide bonds. The molecule has 0 aliphatic rings. The first-order chi connectivity index (χ1) is 29.5. The van der Waals surface area contributed by atoms with Crippen LogP contribution < -0.4 is 21.3 Å². The second kappa shape index (κ2) is 23.6. The Morgan fingerprint density at radius 2 is 0.871 bits per heavy atom. The summed E-state index contributed by atoms with van der Waals surface area (Å²) < 4.78 is 6.43. The standard InChI is InChI=1S/C42H62N12O8/c1-47(2)19-15-17-43-39(55)35-23-31(27-49(35)5)45-41(57)37-25-33(53(59)60)29-51(37)21-13-11-9-7-8-10-12-14-22-52-30-34(54(61)62)26-38(52)42(58)46-32-24-36(50(6)28-32)40(56)44-18-16-20-48(3)4/h23-30H,7-22H2,1-6H3,(H,43,55)(H,44,56)(H,45,57)(H,46,58). The average Bonchev–Trinajstić information content (AvgIpc) is 4.00. The van der Waals surface area contributed by atoms with Crippen LogP contribution in [0, 0.1) is 20.2 Å². The van der Waals surface area contributed by atoms with Crippen molar-refractivity contribution in [3.8, 4) is 0 Å². The van der Waals surface area contributed by atoms with Gasteiger partial charge in [-0.25, -0.2) is 0 Å². The first-order valence-corrected chi connectivity index (χ1v) is 21.0. The van der Waals surface area contributed by atoms with E-state index in [-0.39, 0.29) is 34.6 Å². The Balaban J connectivity index is 1.19. The molecule has 0 aromatic carbocycles.